The summed E-state index contributed by atoms with van der Waals surface area (Å²) in [6.07, 6.45) is 4.19. The number of alkyl halides is 2. The second-order valence-electron chi connectivity index (χ2n) is 10.4. The van der Waals surface area contributed by atoms with Crippen LogP contribution in [0.15, 0.2) is 35.1 Å². The van der Waals surface area contributed by atoms with E-state index in [0.29, 0.717) is 63.0 Å². The Kier molecular flexibility index (Phi) is 7.19. The number of halogens is 3. The molecule has 0 aliphatic carbocycles. The largest absolute Gasteiger partial charge is 0.339 e. The summed E-state index contributed by atoms with van der Waals surface area (Å²) in [5.41, 5.74) is 8.26. The van der Waals surface area contributed by atoms with Gasteiger partial charge in [0.15, 0.2) is 0 Å². The minimum atomic E-state index is -3.17. The minimum absolute atomic E-state index is 0.0527. The number of nitrogens with two attached hydrogens (primary N) is 1. The summed E-state index contributed by atoms with van der Waals surface area (Å²) in [5, 5.41) is 3.37. The molecule has 2 aliphatic rings. The first-order chi connectivity index (χ1) is 18.5. The Morgan fingerprint density at radius 2 is 1.85 bits per heavy atom. The molecule has 4 heterocycles. The number of aryl methyl sites for hydroxylation is 1. The van der Waals surface area contributed by atoms with Crippen LogP contribution in [0.25, 0.3) is 0 Å². The monoisotopic (exact) mass is 544 g/mol. The molecule has 2 aromatic heterocycles. The predicted molar refractivity (Wildman–Crippen MR) is 137 cm³/mol. The van der Waals surface area contributed by atoms with Gasteiger partial charge in [-0.1, -0.05) is 22.9 Å². The zero-order valence-corrected chi connectivity index (χ0v) is 22.0. The molecular weight excluding hydrogens is 513 g/mol. The first kappa shape index (κ1) is 26.9. The fourth-order valence-corrected chi connectivity index (χ4v) is 5.20. The van der Waals surface area contributed by atoms with Crippen LogP contribution in [0.5, 0.6) is 0 Å². The smallest absolute Gasteiger partial charge is 0.324 e. The van der Waals surface area contributed by atoms with Crippen LogP contribution in [-0.2, 0) is 5.92 Å². The second kappa shape index (κ2) is 10.4. The highest BCUT2D eigenvalue weighted by Gasteiger charge is 2.35. The van der Waals surface area contributed by atoms with Gasteiger partial charge in [-0.15, -0.1) is 0 Å². The lowest BCUT2D eigenvalue weighted by Gasteiger charge is -2.35. The number of amides is 1. The molecule has 39 heavy (non-hydrogen) atoms. The number of rotatable bonds is 6. The zero-order valence-electron chi connectivity index (χ0n) is 22.0. The SMILES string of the molecule is Cc1ccc(F)c([C@H]2CN(c3ncc(C(=O)N(C)C4CCN(c5nc(C(C)(F)F)no5)CC4)cn3)C[C@@H]2N)c1. The van der Waals surface area contributed by atoms with E-state index in [9.17, 15) is 18.0 Å². The zero-order chi connectivity index (χ0) is 27.9. The Labute approximate surface area is 224 Å². The molecule has 10 nitrogen and oxygen atoms in total. The number of carbonyl (C=O) groups is 1. The Morgan fingerprint density at radius 3 is 2.49 bits per heavy atom. The van der Waals surface area contributed by atoms with Crippen LogP contribution >= 0.6 is 0 Å². The lowest BCUT2D eigenvalue weighted by molar-refractivity contribution is 0.00558. The predicted octanol–water partition coefficient (Wildman–Crippen LogP) is 3.09. The Balaban J connectivity index is 1.18. The van der Waals surface area contributed by atoms with Gasteiger partial charge in [-0.25, -0.2) is 14.4 Å². The highest BCUT2D eigenvalue weighted by molar-refractivity contribution is 5.93. The molecule has 5 rings (SSSR count). The molecule has 0 bridgehead atoms. The quantitative estimate of drug-likeness (QED) is 0.500. The average Bonchev–Trinajstić information content (AvgIpc) is 3.57. The Hall–Kier alpha value is -3.74. The number of anilines is 2. The number of hydrogen-bond donors (Lipinski definition) is 1. The maximum atomic E-state index is 14.5. The third kappa shape index (κ3) is 5.54. The molecule has 2 fully saturated rings. The molecule has 3 aromatic rings. The van der Waals surface area contributed by atoms with Gasteiger partial charge in [0.05, 0.1) is 5.56 Å². The van der Waals surface area contributed by atoms with Crippen LogP contribution in [0.2, 0.25) is 0 Å². The molecule has 2 atom stereocenters. The van der Waals surface area contributed by atoms with Crippen molar-refractivity contribution in [3.63, 3.8) is 0 Å². The molecule has 0 radical (unpaired) electrons. The van der Waals surface area contributed by atoms with Crippen molar-refractivity contribution in [2.45, 2.75) is 50.6 Å². The van der Waals surface area contributed by atoms with E-state index in [-0.39, 0.29) is 35.7 Å². The molecule has 2 aliphatic heterocycles. The van der Waals surface area contributed by atoms with Gasteiger partial charge in [0.25, 0.3) is 5.91 Å². The first-order valence-corrected chi connectivity index (χ1v) is 12.8. The summed E-state index contributed by atoms with van der Waals surface area (Å²) in [4.78, 5) is 31.0. The van der Waals surface area contributed by atoms with Crippen molar-refractivity contribution in [1.82, 2.24) is 25.0 Å². The van der Waals surface area contributed by atoms with Gasteiger partial charge >= 0.3 is 11.9 Å². The topological polar surface area (TPSA) is 118 Å². The lowest BCUT2D eigenvalue weighted by Crippen LogP contribution is -2.45. The van der Waals surface area contributed by atoms with Crippen LogP contribution in [0.3, 0.4) is 0 Å². The Bertz CT molecular complexity index is 1320. The van der Waals surface area contributed by atoms with Gasteiger partial charge in [-0.05, 0) is 31.4 Å². The van der Waals surface area contributed by atoms with Crippen molar-refractivity contribution in [2.75, 3.05) is 43.0 Å². The maximum absolute atomic E-state index is 14.5. The summed E-state index contributed by atoms with van der Waals surface area (Å²) < 4.78 is 46.3. The number of aromatic nitrogens is 4. The van der Waals surface area contributed by atoms with Crippen LogP contribution in [0.4, 0.5) is 25.1 Å². The van der Waals surface area contributed by atoms with Crippen molar-refractivity contribution in [2.24, 2.45) is 5.73 Å². The molecule has 0 unspecified atom stereocenters. The van der Waals surface area contributed by atoms with Crippen molar-refractivity contribution in [1.29, 1.82) is 0 Å². The van der Waals surface area contributed by atoms with Gasteiger partial charge in [-0.3, -0.25) is 4.79 Å². The molecule has 2 saturated heterocycles. The summed E-state index contributed by atoms with van der Waals surface area (Å²) >= 11 is 0. The molecule has 208 valence electrons. The van der Waals surface area contributed by atoms with E-state index in [1.54, 1.807) is 22.9 Å². The van der Waals surface area contributed by atoms with Gasteiger partial charge in [-0.2, -0.15) is 13.8 Å². The fourth-order valence-electron chi connectivity index (χ4n) is 5.20. The number of hydrogen-bond acceptors (Lipinski definition) is 9. The molecule has 1 aromatic carbocycles. The summed E-state index contributed by atoms with van der Waals surface area (Å²) in [6, 6.07) is 4.73. The number of piperidine rings is 1. The van der Waals surface area contributed by atoms with E-state index >= 15 is 0 Å². The summed E-state index contributed by atoms with van der Waals surface area (Å²) in [6.45, 7) is 4.54. The van der Waals surface area contributed by atoms with E-state index in [1.165, 1.54) is 18.5 Å². The van der Waals surface area contributed by atoms with Crippen molar-refractivity contribution < 1.29 is 22.5 Å². The molecule has 2 N–H and O–H groups in total. The second-order valence-corrected chi connectivity index (χ2v) is 10.4. The lowest BCUT2D eigenvalue weighted by atomic mass is 9.93. The van der Waals surface area contributed by atoms with Gasteiger partial charge in [0, 0.05) is 70.5 Å². The highest BCUT2D eigenvalue weighted by atomic mass is 19.3. The standard InChI is InChI=1S/C26H31F3N8O2/c1-15-4-5-20(27)18(10-15)19-13-37(14-21(19)30)24-31-11-16(12-32-24)22(38)35(3)17-6-8-36(9-7-17)25-33-23(34-39-25)26(2,28)29/h4-5,10-12,17,19,21H,6-9,13-14,30H2,1-3H3/t19-,21+/m1/s1. The van der Waals surface area contributed by atoms with E-state index in [1.807, 2.05) is 17.9 Å². The number of benzene rings is 1. The van der Waals surface area contributed by atoms with E-state index in [4.69, 9.17) is 10.3 Å². The van der Waals surface area contributed by atoms with E-state index < -0.39 is 11.7 Å². The average molecular weight is 545 g/mol. The Morgan fingerprint density at radius 1 is 1.15 bits per heavy atom. The van der Waals surface area contributed by atoms with Crippen LogP contribution in [-0.4, -0.2) is 76.2 Å². The molecule has 0 spiro atoms. The van der Waals surface area contributed by atoms with Gasteiger partial charge in [0.1, 0.15) is 5.82 Å². The normalized spacial score (nSPS) is 20.5. The molecule has 13 heteroatoms. The maximum Gasteiger partial charge on any atom is 0.324 e. The third-order valence-corrected chi connectivity index (χ3v) is 7.50. The van der Waals surface area contributed by atoms with E-state index in [2.05, 4.69) is 20.1 Å². The molecule has 1 amide bonds. The first-order valence-electron chi connectivity index (χ1n) is 12.8. The van der Waals surface area contributed by atoms with Crippen LogP contribution < -0.4 is 15.5 Å². The fraction of sp³-hybridized carbons (Fsp3) is 0.500. The molecular formula is C26H31F3N8O2. The van der Waals surface area contributed by atoms with Gasteiger partial charge in [0.2, 0.25) is 11.8 Å². The highest BCUT2D eigenvalue weighted by Crippen LogP contribution is 2.31. The van der Waals surface area contributed by atoms with Crippen molar-refractivity contribution >= 4 is 17.9 Å². The summed E-state index contributed by atoms with van der Waals surface area (Å²) in [5.74, 6) is -4.07. The summed E-state index contributed by atoms with van der Waals surface area (Å²) in [7, 11) is 1.72. The van der Waals surface area contributed by atoms with Crippen molar-refractivity contribution in [3.8, 4) is 0 Å². The van der Waals surface area contributed by atoms with Crippen molar-refractivity contribution in [3.05, 3.63) is 58.9 Å². The number of nitrogens with zero attached hydrogens (tertiary/aromatic N) is 7. The molecule has 0 saturated carbocycles. The van der Waals surface area contributed by atoms with Crippen LogP contribution in [0.1, 0.15) is 53.0 Å². The van der Waals surface area contributed by atoms with E-state index in [0.717, 1.165) is 5.56 Å². The number of carbonyl (C=O) groups excluding carboxylic acids is 1. The third-order valence-electron chi connectivity index (χ3n) is 7.50. The minimum Gasteiger partial charge on any atom is -0.339 e. The van der Waals surface area contributed by atoms with Gasteiger partial charge < -0.3 is 25.0 Å². The van der Waals surface area contributed by atoms with Crippen LogP contribution in [0, 0.1) is 12.7 Å².